The maximum absolute atomic E-state index is 11.6. The molecular formula is C13H16N2O2. The summed E-state index contributed by atoms with van der Waals surface area (Å²) in [5.41, 5.74) is 2.27. The number of hydrogen-bond donors (Lipinski definition) is 2. The number of fused-ring (bicyclic) bond motifs is 1. The van der Waals surface area contributed by atoms with Gasteiger partial charge in [0.2, 0.25) is 5.78 Å². The van der Waals surface area contributed by atoms with Crippen LogP contribution in [0.2, 0.25) is 0 Å². The fourth-order valence-electron chi connectivity index (χ4n) is 2.01. The van der Waals surface area contributed by atoms with Crippen molar-refractivity contribution in [2.45, 2.75) is 25.9 Å². The Morgan fingerprint density at radius 3 is 2.94 bits per heavy atom. The van der Waals surface area contributed by atoms with E-state index in [-0.39, 0.29) is 18.4 Å². The molecule has 1 aliphatic heterocycles. The number of Topliss-reactive ketones (excluding diaryl/α,β-unsaturated/α-hetero) is 1. The molecule has 1 unspecified atom stereocenters. The number of ketones is 1. The first-order valence-electron chi connectivity index (χ1n) is 5.87. The van der Waals surface area contributed by atoms with Gasteiger partial charge in [0, 0.05) is 13.0 Å². The number of carbonyl (C=O) groups is 2. The summed E-state index contributed by atoms with van der Waals surface area (Å²) in [5, 5.41) is 5.93. The van der Waals surface area contributed by atoms with Crippen LogP contribution in [-0.4, -0.2) is 18.2 Å². The molecule has 2 N–H and O–H groups in total. The van der Waals surface area contributed by atoms with E-state index in [2.05, 4.69) is 16.7 Å². The molecule has 2 rings (SSSR count). The highest BCUT2D eigenvalue weighted by Gasteiger charge is 2.22. The summed E-state index contributed by atoms with van der Waals surface area (Å²) < 4.78 is 0. The third kappa shape index (κ3) is 2.53. The lowest BCUT2D eigenvalue weighted by atomic mass is 9.98. The largest absolute Gasteiger partial charge is 0.330 e. The number of amides is 1. The number of carbonyl (C=O) groups excluding carboxylic acids is 2. The van der Waals surface area contributed by atoms with Crippen LogP contribution in [-0.2, 0) is 16.0 Å². The number of rotatable bonds is 3. The van der Waals surface area contributed by atoms with Crippen molar-refractivity contribution in [2.24, 2.45) is 0 Å². The van der Waals surface area contributed by atoms with Crippen LogP contribution in [0.5, 0.6) is 0 Å². The number of benzene rings is 1. The maximum atomic E-state index is 11.6. The van der Waals surface area contributed by atoms with E-state index < -0.39 is 5.91 Å². The van der Waals surface area contributed by atoms with E-state index >= 15 is 0 Å². The van der Waals surface area contributed by atoms with Crippen molar-refractivity contribution >= 4 is 11.7 Å². The van der Waals surface area contributed by atoms with E-state index in [4.69, 9.17) is 0 Å². The van der Waals surface area contributed by atoms with Gasteiger partial charge < -0.3 is 5.32 Å². The van der Waals surface area contributed by atoms with Crippen molar-refractivity contribution < 1.29 is 9.59 Å². The molecule has 1 heterocycles. The smallest absolute Gasteiger partial charge is 0.288 e. The molecule has 0 aliphatic carbocycles. The van der Waals surface area contributed by atoms with E-state index in [1.54, 1.807) is 6.92 Å². The first-order chi connectivity index (χ1) is 8.22. The second kappa shape index (κ2) is 5.10. The van der Waals surface area contributed by atoms with Gasteiger partial charge in [0.05, 0.1) is 0 Å². The van der Waals surface area contributed by atoms with E-state index in [1.165, 1.54) is 5.56 Å². The average Bonchev–Trinajstić information content (AvgIpc) is 2.38. The Balaban J connectivity index is 2.14. The Labute approximate surface area is 100 Å². The van der Waals surface area contributed by atoms with Gasteiger partial charge in [-0.15, -0.1) is 0 Å². The average molecular weight is 232 g/mol. The summed E-state index contributed by atoms with van der Waals surface area (Å²) in [4.78, 5) is 22.8. The van der Waals surface area contributed by atoms with Gasteiger partial charge >= 0.3 is 0 Å². The van der Waals surface area contributed by atoms with Crippen LogP contribution in [0, 0.1) is 0 Å². The Morgan fingerprint density at radius 2 is 2.18 bits per heavy atom. The molecule has 0 aromatic heterocycles. The molecule has 1 amide bonds. The summed E-state index contributed by atoms with van der Waals surface area (Å²) in [6.07, 6.45) is 0.938. The highest BCUT2D eigenvalue weighted by atomic mass is 16.2. The molecule has 0 radical (unpaired) electrons. The molecule has 0 bridgehead atoms. The van der Waals surface area contributed by atoms with Crippen LogP contribution in [0.25, 0.3) is 0 Å². The van der Waals surface area contributed by atoms with Gasteiger partial charge in [-0.1, -0.05) is 31.2 Å². The summed E-state index contributed by atoms with van der Waals surface area (Å²) in [7, 11) is 0. The van der Waals surface area contributed by atoms with E-state index in [9.17, 15) is 9.59 Å². The van der Waals surface area contributed by atoms with Crippen molar-refractivity contribution in [1.29, 1.82) is 0 Å². The van der Waals surface area contributed by atoms with Gasteiger partial charge in [-0.05, 0) is 17.5 Å². The van der Waals surface area contributed by atoms with Crippen molar-refractivity contribution in [3.8, 4) is 0 Å². The first kappa shape index (κ1) is 11.8. The van der Waals surface area contributed by atoms with Crippen molar-refractivity contribution in [3.05, 3.63) is 35.4 Å². The summed E-state index contributed by atoms with van der Waals surface area (Å²) in [5.74, 6) is -0.892. The molecule has 4 heteroatoms. The second-order valence-corrected chi connectivity index (χ2v) is 4.09. The highest BCUT2D eigenvalue weighted by molar-refractivity contribution is 6.36. The lowest BCUT2D eigenvalue weighted by Crippen LogP contribution is -2.44. The van der Waals surface area contributed by atoms with Crippen LogP contribution in [0.1, 0.15) is 30.6 Å². The van der Waals surface area contributed by atoms with Crippen LogP contribution >= 0.6 is 0 Å². The number of nitrogens with one attached hydrogen (secondary N) is 2. The second-order valence-electron chi connectivity index (χ2n) is 4.09. The molecule has 0 saturated carbocycles. The standard InChI is InChI=1S/C13H16N2O2/c1-2-11(16)13(17)15-12-10-6-4-3-5-9(10)7-8-14-12/h3-6,12,14H,2,7-8H2,1H3,(H,15,17). The lowest BCUT2D eigenvalue weighted by molar-refractivity contribution is -0.138. The predicted molar refractivity (Wildman–Crippen MR) is 64.3 cm³/mol. The Bertz CT molecular complexity index is 443. The molecule has 90 valence electrons. The minimum absolute atomic E-state index is 0.236. The Kier molecular flexibility index (Phi) is 3.54. The van der Waals surface area contributed by atoms with Gasteiger partial charge in [0.25, 0.3) is 5.91 Å². The van der Waals surface area contributed by atoms with Gasteiger partial charge in [-0.3, -0.25) is 14.9 Å². The normalized spacial score (nSPS) is 18.3. The van der Waals surface area contributed by atoms with Crippen molar-refractivity contribution in [2.75, 3.05) is 6.54 Å². The topological polar surface area (TPSA) is 58.2 Å². The lowest BCUT2D eigenvalue weighted by Gasteiger charge is -2.27. The molecule has 1 atom stereocenters. The van der Waals surface area contributed by atoms with E-state index in [0.29, 0.717) is 0 Å². The fraction of sp³-hybridized carbons (Fsp3) is 0.385. The van der Waals surface area contributed by atoms with Gasteiger partial charge in [0.15, 0.2) is 0 Å². The molecule has 0 saturated heterocycles. The predicted octanol–water partition coefficient (Wildman–Crippen LogP) is 0.926. The Morgan fingerprint density at radius 1 is 1.41 bits per heavy atom. The van der Waals surface area contributed by atoms with Crippen LogP contribution in [0.15, 0.2) is 24.3 Å². The first-order valence-corrected chi connectivity index (χ1v) is 5.87. The third-order valence-electron chi connectivity index (χ3n) is 2.96. The summed E-state index contributed by atoms with van der Waals surface area (Å²) in [6, 6.07) is 7.95. The van der Waals surface area contributed by atoms with Crippen LogP contribution in [0.4, 0.5) is 0 Å². The molecule has 1 aromatic rings. The maximum Gasteiger partial charge on any atom is 0.288 e. The zero-order chi connectivity index (χ0) is 12.3. The van der Waals surface area contributed by atoms with Gasteiger partial charge in [-0.25, -0.2) is 0 Å². The minimum atomic E-state index is -0.512. The molecule has 0 fully saturated rings. The minimum Gasteiger partial charge on any atom is -0.330 e. The van der Waals surface area contributed by atoms with Gasteiger partial charge in [0.1, 0.15) is 6.17 Å². The SMILES string of the molecule is CCC(=O)C(=O)NC1NCCc2ccccc21. The van der Waals surface area contributed by atoms with Crippen LogP contribution < -0.4 is 10.6 Å². The molecule has 1 aromatic carbocycles. The highest BCUT2D eigenvalue weighted by Crippen LogP contribution is 2.20. The van der Waals surface area contributed by atoms with E-state index in [1.807, 2.05) is 18.2 Å². The molecular weight excluding hydrogens is 216 g/mol. The monoisotopic (exact) mass is 232 g/mol. The van der Waals surface area contributed by atoms with Crippen LogP contribution in [0.3, 0.4) is 0 Å². The Hall–Kier alpha value is -1.68. The quantitative estimate of drug-likeness (QED) is 0.762. The molecule has 0 spiro atoms. The third-order valence-corrected chi connectivity index (χ3v) is 2.96. The molecule has 17 heavy (non-hydrogen) atoms. The van der Waals surface area contributed by atoms with Gasteiger partial charge in [-0.2, -0.15) is 0 Å². The zero-order valence-electron chi connectivity index (χ0n) is 9.82. The van der Waals surface area contributed by atoms with Crippen molar-refractivity contribution in [3.63, 3.8) is 0 Å². The summed E-state index contributed by atoms with van der Waals surface area (Å²) in [6.45, 7) is 2.49. The van der Waals surface area contributed by atoms with Crippen molar-refractivity contribution in [1.82, 2.24) is 10.6 Å². The molecule has 4 nitrogen and oxygen atoms in total. The molecule has 1 aliphatic rings. The summed E-state index contributed by atoms with van der Waals surface area (Å²) >= 11 is 0. The zero-order valence-corrected chi connectivity index (χ0v) is 9.82. The van der Waals surface area contributed by atoms with E-state index in [0.717, 1.165) is 18.5 Å². The fourth-order valence-corrected chi connectivity index (χ4v) is 2.01. The number of hydrogen-bond acceptors (Lipinski definition) is 3.